The van der Waals surface area contributed by atoms with Crippen molar-refractivity contribution in [2.75, 3.05) is 23.0 Å². The number of carbonyl (C=O) groups is 2. The molecule has 0 fully saturated rings. The molecule has 0 saturated heterocycles. The van der Waals surface area contributed by atoms with E-state index in [1.165, 1.54) is 4.90 Å². The quantitative estimate of drug-likeness (QED) is 0.398. The van der Waals surface area contributed by atoms with Gasteiger partial charge < -0.3 is 9.64 Å². The minimum absolute atomic E-state index is 0.342. The monoisotopic (exact) mass is 454 g/mol. The first kappa shape index (κ1) is 23.3. The molecule has 0 saturated carbocycles. The van der Waals surface area contributed by atoms with Gasteiger partial charge in [0, 0.05) is 12.2 Å². The van der Waals surface area contributed by atoms with Crippen LogP contribution in [0.3, 0.4) is 0 Å². The van der Waals surface area contributed by atoms with Gasteiger partial charge in [0.25, 0.3) is 11.8 Å². The fourth-order valence-corrected chi connectivity index (χ4v) is 4.20. The van der Waals surface area contributed by atoms with E-state index in [1.807, 2.05) is 93.3 Å². The number of rotatable bonds is 8. The maximum atomic E-state index is 14.0. The summed E-state index contributed by atoms with van der Waals surface area (Å²) in [6, 6.07) is 22.8. The van der Waals surface area contributed by atoms with Crippen molar-refractivity contribution in [3.63, 3.8) is 0 Å². The first-order valence-electron chi connectivity index (χ1n) is 11.7. The summed E-state index contributed by atoms with van der Waals surface area (Å²) in [5, 5.41) is 0. The SMILES string of the molecule is CCCOc1ccccc1N1C(=O)C(c2ccc(C)c(C)c2)=C(N(CC)c2ccccc2)C1=O. The second kappa shape index (κ2) is 9.96. The Kier molecular flexibility index (Phi) is 6.82. The molecule has 1 aliphatic rings. The highest BCUT2D eigenvalue weighted by Crippen LogP contribution is 2.40. The lowest BCUT2D eigenvalue weighted by atomic mass is 9.99. The molecular formula is C29H30N2O3. The number of carbonyl (C=O) groups excluding carboxylic acids is 2. The Bertz CT molecular complexity index is 1250. The summed E-state index contributed by atoms with van der Waals surface area (Å²) in [7, 11) is 0. The largest absolute Gasteiger partial charge is 0.491 e. The van der Waals surface area contributed by atoms with Gasteiger partial charge in [-0.25, -0.2) is 4.90 Å². The Hall–Kier alpha value is -3.86. The number of nitrogens with zero attached hydrogens (tertiary/aromatic N) is 2. The lowest BCUT2D eigenvalue weighted by Gasteiger charge is -2.25. The summed E-state index contributed by atoms with van der Waals surface area (Å²) in [4.78, 5) is 31.1. The second-order valence-electron chi connectivity index (χ2n) is 8.36. The van der Waals surface area contributed by atoms with Crippen LogP contribution < -0.4 is 14.5 Å². The van der Waals surface area contributed by atoms with Gasteiger partial charge in [-0.05, 0) is 68.1 Å². The average molecular weight is 455 g/mol. The van der Waals surface area contributed by atoms with Gasteiger partial charge in [0.2, 0.25) is 0 Å². The van der Waals surface area contributed by atoms with E-state index in [9.17, 15) is 9.59 Å². The van der Waals surface area contributed by atoms with Crippen molar-refractivity contribution in [3.05, 3.63) is 95.2 Å². The molecule has 0 atom stereocenters. The maximum absolute atomic E-state index is 14.0. The number of ether oxygens (including phenoxy) is 1. The topological polar surface area (TPSA) is 49.9 Å². The van der Waals surface area contributed by atoms with Crippen LogP contribution in [0.1, 0.15) is 37.0 Å². The number of benzene rings is 3. The molecule has 0 spiro atoms. The van der Waals surface area contributed by atoms with Crippen LogP contribution in [-0.2, 0) is 9.59 Å². The van der Waals surface area contributed by atoms with E-state index in [0.29, 0.717) is 35.9 Å². The highest BCUT2D eigenvalue weighted by atomic mass is 16.5. The Morgan fingerprint density at radius 2 is 1.53 bits per heavy atom. The summed E-state index contributed by atoms with van der Waals surface area (Å²) in [5.74, 6) is -0.170. The van der Waals surface area contributed by atoms with Crippen molar-refractivity contribution in [3.8, 4) is 5.75 Å². The van der Waals surface area contributed by atoms with E-state index >= 15 is 0 Å². The summed E-state index contributed by atoms with van der Waals surface area (Å²) >= 11 is 0. The third-order valence-corrected chi connectivity index (χ3v) is 6.08. The average Bonchev–Trinajstić information content (AvgIpc) is 3.10. The van der Waals surface area contributed by atoms with Gasteiger partial charge >= 0.3 is 0 Å². The Morgan fingerprint density at radius 3 is 2.21 bits per heavy atom. The van der Waals surface area contributed by atoms with E-state index in [4.69, 9.17) is 4.74 Å². The highest BCUT2D eigenvalue weighted by Gasteiger charge is 2.43. The van der Waals surface area contributed by atoms with Crippen molar-refractivity contribution in [2.45, 2.75) is 34.1 Å². The van der Waals surface area contributed by atoms with Gasteiger partial charge in [-0.3, -0.25) is 9.59 Å². The summed E-state index contributed by atoms with van der Waals surface area (Å²) in [6.07, 6.45) is 0.825. The molecule has 0 N–H and O–H groups in total. The van der Waals surface area contributed by atoms with Crippen LogP contribution in [0, 0.1) is 13.8 Å². The normalized spacial score (nSPS) is 13.6. The number of imide groups is 1. The van der Waals surface area contributed by atoms with Gasteiger partial charge in [0.1, 0.15) is 11.4 Å². The molecule has 0 aromatic heterocycles. The Balaban J connectivity index is 1.90. The zero-order chi connectivity index (χ0) is 24.2. The van der Waals surface area contributed by atoms with Gasteiger partial charge in [-0.2, -0.15) is 0 Å². The summed E-state index contributed by atoms with van der Waals surface area (Å²) in [6.45, 7) is 9.09. The summed E-state index contributed by atoms with van der Waals surface area (Å²) in [5.41, 5.74) is 5.05. The van der Waals surface area contributed by atoms with E-state index in [0.717, 1.165) is 28.8 Å². The van der Waals surface area contributed by atoms with Gasteiger partial charge in [-0.1, -0.05) is 55.5 Å². The smallest absolute Gasteiger partial charge is 0.282 e. The van der Waals surface area contributed by atoms with Crippen LogP contribution in [0.4, 0.5) is 11.4 Å². The van der Waals surface area contributed by atoms with Crippen molar-refractivity contribution in [1.82, 2.24) is 0 Å². The van der Waals surface area contributed by atoms with Crippen molar-refractivity contribution >= 4 is 28.8 Å². The fourth-order valence-electron chi connectivity index (χ4n) is 4.20. The molecule has 2 amide bonds. The van der Waals surface area contributed by atoms with E-state index < -0.39 is 0 Å². The zero-order valence-corrected chi connectivity index (χ0v) is 20.2. The van der Waals surface area contributed by atoms with Crippen LogP contribution in [0.25, 0.3) is 5.57 Å². The number of hydrogen-bond donors (Lipinski definition) is 0. The van der Waals surface area contributed by atoms with Gasteiger partial charge in [-0.15, -0.1) is 0 Å². The lowest BCUT2D eigenvalue weighted by Crippen LogP contribution is -2.35. The van der Waals surface area contributed by atoms with Crippen molar-refractivity contribution < 1.29 is 14.3 Å². The Morgan fingerprint density at radius 1 is 0.824 bits per heavy atom. The number of para-hydroxylation sites is 3. The predicted octanol–water partition coefficient (Wildman–Crippen LogP) is 5.90. The maximum Gasteiger partial charge on any atom is 0.282 e. The van der Waals surface area contributed by atoms with Crippen molar-refractivity contribution in [2.24, 2.45) is 0 Å². The molecule has 0 unspecified atom stereocenters. The molecule has 0 radical (unpaired) electrons. The predicted molar refractivity (Wildman–Crippen MR) is 137 cm³/mol. The molecule has 3 aromatic carbocycles. The molecular weight excluding hydrogens is 424 g/mol. The molecule has 4 rings (SSSR count). The van der Waals surface area contributed by atoms with Gasteiger partial charge in [0.05, 0.1) is 17.9 Å². The van der Waals surface area contributed by atoms with E-state index in [-0.39, 0.29) is 11.8 Å². The molecule has 5 nitrogen and oxygen atoms in total. The molecule has 34 heavy (non-hydrogen) atoms. The van der Waals surface area contributed by atoms with Crippen LogP contribution in [0.2, 0.25) is 0 Å². The lowest BCUT2D eigenvalue weighted by molar-refractivity contribution is -0.120. The first-order valence-corrected chi connectivity index (χ1v) is 11.7. The third kappa shape index (κ3) is 4.21. The molecule has 1 aliphatic heterocycles. The molecule has 3 aromatic rings. The number of amides is 2. The first-order chi connectivity index (χ1) is 16.5. The zero-order valence-electron chi connectivity index (χ0n) is 20.2. The number of aryl methyl sites for hydroxylation is 2. The van der Waals surface area contributed by atoms with Gasteiger partial charge in [0.15, 0.2) is 0 Å². The molecule has 0 aliphatic carbocycles. The highest BCUT2D eigenvalue weighted by molar-refractivity contribution is 6.46. The number of likely N-dealkylation sites (N-methyl/N-ethyl adjacent to an activating group) is 1. The minimum Gasteiger partial charge on any atom is -0.491 e. The molecule has 5 heteroatoms. The van der Waals surface area contributed by atoms with E-state index in [2.05, 4.69) is 0 Å². The molecule has 174 valence electrons. The van der Waals surface area contributed by atoms with Crippen molar-refractivity contribution in [1.29, 1.82) is 0 Å². The second-order valence-corrected chi connectivity index (χ2v) is 8.36. The van der Waals surface area contributed by atoms with Crippen LogP contribution in [0.5, 0.6) is 5.75 Å². The van der Waals surface area contributed by atoms with Crippen LogP contribution >= 0.6 is 0 Å². The minimum atomic E-state index is -0.350. The van der Waals surface area contributed by atoms with E-state index in [1.54, 1.807) is 12.1 Å². The number of anilines is 2. The standard InChI is InChI=1S/C29H30N2O3/c1-5-18-34-25-15-11-10-14-24(25)31-28(32)26(22-17-16-20(3)21(4)19-22)27(29(31)33)30(6-2)23-12-8-7-9-13-23/h7-17,19H,5-6,18H2,1-4H3. The third-order valence-electron chi connectivity index (χ3n) is 6.08. The Labute approximate surface area is 201 Å². The fraction of sp³-hybridized carbons (Fsp3) is 0.241. The van der Waals surface area contributed by atoms with Crippen LogP contribution in [-0.4, -0.2) is 25.0 Å². The number of hydrogen-bond acceptors (Lipinski definition) is 4. The molecule has 1 heterocycles. The summed E-state index contributed by atoms with van der Waals surface area (Å²) < 4.78 is 5.90. The van der Waals surface area contributed by atoms with Crippen LogP contribution in [0.15, 0.2) is 78.5 Å². The molecule has 0 bridgehead atoms.